The fraction of sp³-hybridized carbons (Fsp3) is 0.619. The van der Waals surface area contributed by atoms with E-state index in [0.717, 1.165) is 5.56 Å². The topological polar surface area (TPSA) is 64.6 Å². The average molecular weight is 392 g/mol. The summed E-state index contributed by atoms with van der Waals surface area (Å²) < 4.78 is 11.9. The van der Waals surface area contributed by atoms with Crippen LogP contribution >= 0.6 is 0 Å². The van der Waals surface area contributed by atoms with Gasteiger partial charge in [0.2, 0.25) is 5.91 Å². The van der Waals surface area contributed by atoms with Gasteiger partial charge < -0.3 is 14.5 Å². The molecule has 0 aliphatic carbocycles. The molecule has 5 nitrogen and oxygen atoms in total. The number of β-lactam (4-membered cyclic amide) rings is 1. The van der Waals surface area contributed by atoms with Gasteiger partial charge in [0.25, 0.3) is 0 Å². The molecule has 4 atom stereocenters. The van der Waals surface area contributed by atoms with Gasteiger partial charge >= 0.3 is 5.97 Å². The Balaban J connectivity index is 2.12. The maximum absolute atomic E-state index is 12.6. The molecule has 0 radical (unpaired) electrons. The maximum Gasteiger partial charge on any atom is 0.311 e. The van der Waals surface area contributed by atoms with Gasteiger partial charge in [-0.05, 0) is 37.9 Å². The lowest BCUT2D eigenvalue weighted by molar-refractivity contribution is -0.169. The van der Waals surface area contributed by atoms with Crippen LogP contribution in [0.15, 0.2) is 30.3 Å². The van der Waals surface area contributed by atoms with Crippen molar-refractivity contribution in [3.05, 3.63) is 35.9 Å². The van der Waals surface area contributed by atoms with Crippen LogP contribution in [0.4, 0.5) is 0 Å². The Kier molecular flexibility index (Phi) is 6.53. The third-order valence-electron chi connectivity index (χ3n) is 5.65. The van der Waals surface area contributed by atoms with E-state index in [-0.39, 0.29) is 35.9 Å². The minimum atomic E-state index is -1.39. The first-order valence-electron chi connectivity index (χ1n) is 9.66. The Morgan fingerprint density at radius 1 is 1.19 bits per heavy atom. The molecule has 1 fully saturated rings. The SMILES string of the molecule is C[C@@H](C(=O)OCc1ccccc1)[C@H]1NC(=O)[C@@H]1[C@@](C)(O[SiH](C)C)C(C)(C)C. The van der Waals surface area contributed by atoms with Crippen molar-refractivity contribution >= 4 is 20.9 Å². The molecule has 0 unspecified atom stereocenters. The van der Waals surface area contributed by atoms with E-state index >= 15 is 0 Å². The van der Waals surface area contributed by atoms with Crippen LogP contribution in [0.1, 0.15) is 40.2 Å². The third-order valence-corrected chi connectivity index (χ3v) is 6.61. The average Bonchev–Trinajstić information content (AvgIpc) is 2.55. The van der Waals surface area contributed by atoms with Gasteiger partial charge in [-0.3, -0.25) is 9.59 Å². The highest BCUT2D eigenvalue weighted by molar-refractivity contribution is 6.48. The Morgan fingerprint density at radius 3 is 2.26 bits per heavy atom. The highest BCUT2D eigenvalue weighted by atomic mass is 28.3. The highest BCUT2D eigenvalue weighted by Gasteiger charge is 2.59. The molecule has 1 heterocycles. The van der Waals surface area contributed by atoms with Gasteiger partial charge in [0.05, 0.1) is 23.5 Å². The van der Waals surface area contributed by atoms with E-state index in [4.69, 9.17) is 9.16 Å². The van der Waals surface area contributed by atoms with Crippen molar-refractivity contribution in [2.45, 2.75) is 66.0 Å². The predicted octanol–water partition coefficient (Wildman–Crippen LogP) is 3.29. The molecule has 1 aromatic rings. The number of carbonyl (C=O) groups is 2. The largest absolute Gasteiger partial charge is 0.461 e. The number of amides is 1. The van der Waals surface area contributed by atoms with Gasteiger partial charge in [-0.1, -0.05) is 51.1 Å². The molecule has 0 aromatic heterocycles. The lowest BCUT2D eigenvalue weighted by atomic mass is 9.62. The van der Waals surface area contributed by atoms with Crippen LogP contribution in [0.2, 0.25) is 13.1 Å². The fourth-order valence-corrected chi connectivity index (χ4v) is 5.10. The second-order valence-electron chi connectivity index (χ2n) is 8.92. The molecular weight excluding hydrogens is 358 g/mol. The maximum atomic E-state index is 12.6. The lowest BCUT2D eigenvalue weighted by Gasteiger charge is -2.55. The Morgan fingerprint density at radius 2 is 1.78 bits per heavy atom. The lowest BCUT2D eigenvalue weighted by Crippen LogP contribution is -2.72. The van der Waals surface area contributed by atoms with Crippen molar-refractivity contribution in [1.29, 1.82) is 0 Å². The molecule has 0 saturated carbocycles. The van der Waals surface area contributed by atoms with Crippen molar-refractivity contribution < 1.29 is 18.8 Å². The minimum Gasteiger partial charge on any atom is -0.461 e. The van der Waals surface area contributed by atoms with Crippen LogP contribution in [0.5, 0.6) is 0 Å². The van der Waals surface area contributed by atoms with Gasteiger partial charge in [-0.25, -0.2) is 0 Å². The highest BCUT2D eigenvalue weighted by Crippen LogP contribution is 2.46. The van der Waals surface area contributed by atoms with E-state index in [1.165, 1.54) is 0 Å². The third kappa shape index (κ3) is 4.61. The van der Waals surface area contributed by atoms with Crippen LogP contribution in [0.3, 0.4) is 0 Å². The molecule has 27 heavy (non-hydrogen) atoms. The number of esters is 1. The van der Waals surface area contributed by atoms with Gasteiger partial charge in [-0.15, -0.1) is 0 Å². The Hall–Kier alpha value is -1.66. The summed E-state index contributed by atoms with van der Waals surface area (Å²) in [6.07, 6.45) is 0. The molecule has 1 saturated heterocycles. The summed E-state index contributed by atoms with van der Waals surface area (Å²) in [6.45, 7) is 14.5. The number of hydrogen-bond donors (Lipinski definition) is 1. The van der Waals surface area contributed by atoms with Crippen LogP contribution in [-0.4, -0.2) is 32.6 Å². The number of hydrogen-bond acceptors (Lipinski definition) is 4. The van der Waals surface area contributed by atoms with Crippen molar-refractivity contribution in [2.75, 3.05) is 0 Å². The molecule has 6 heteroatoms. The predicted molar refractivity (Wildman–Crippen MR) is 109 cm³/mol. The molecular formula is C21H33NO4Si. The molecule has 0 spiro atoms. The van der Waals surface area contributed by atoms with Crippen molar-refractivity contribution in [1.82, 2.24) is 5.32 Å². The Labute approximate surface area is 164 Å². The van der Waals surface area contributed by atoms with E-state index in [9.17, 15) is 9.59 Å². The summed E-state index contributed by atoms with van der Waals surface area (Å²) in [4.78, 5) is 25.1. The monoisotopic (exact) mass is 391 g/mol. The first-order valence-corrected chi connectivity index (χ1v) is 12.4. The molecule has 1 amide bonds. The molecule has 0 bridgehead atoms. The second-order valence-corrected chi connectivity index (χ2v) is 11.3. The summed E-state index contributed by atoms with van der Waals surface area (Å²) in [6, 6.07) is 9.31. The first kappa shape index (κ1) is 21.6. The molecule has 1 aliphatic rings. The van der Waals surface area contributed by atoms with E-state index < -0.39 is 20.6 Å². The zero-order valence-corrected chi connectivity index (χ0v) is 18.7. The Bertz CT molecular complexity index is 671. The van der Waals surface area contributed by atoms with Gasteiger partial charge in [0.1, 0.15) is 6.61 Å². The van der Waals surface area contributed by atoms with E-state index in [1.54, 1.807) is 0 Å². The van der Waals surface area contributed by atoms with Crippen molar-refractivity contribution in [3.8, 4) is 0 Å². The number of carbonyl (C=O) groups excluding carboxylic acids is 2. The zero-order valence-electron chi connectivity index (χ0n) is 17.5. The summed E-state index contributed by atoms with van der Waals surface area (Å²) >= 11 is 0. The molecule has 1 aliphatic heterocycles. The standard InChI is InChI=1S/C21H33NO4Si/c1-14(19(24)25-13-15-11-9-8-10-12-15)17-16(18(23)22-17)21(5,20(2,3)4)26-27(6)7/h8-12,14,16-17,27H,13H2,1-7H3,(H,22,23)/t14-,16-,17-,21-/m1/s1. The molecule has 1 N–H and O–H groups in total. The number of rotatable bonds is 7. The molecule has 2 rings (SSSR count). The quantitative estimate of drug-likeness (QED) is 0.440. The van der Waals surface area contributed by atoms with Gasteiger partial charge in [0, 0.05) is 0 Å². The number of benzene rings is 1. The van der Waals surface area contributed by atoms with Crippen LogP contribution < -0.4 is 5.32 Å². The summed E-state index contributed by atoms with van der Waals surface area (Å²) in [5.41, 5.74) is 0.0772. The van der Waals surface area contributed by atoms with Crippen molar-refractivity contribution in [2.24, 2.45) is 17.3 Å². The smallest absolute Gasteiger partial charge is 0.311 e. The summed E-state index contributed by atoms with van der Waals surface area (Å²) in [7, 11) is -1.39. The van der Waals surface area contributed by atoms with E-state index in [1.807, 2.05) is 44.2 Å². The number of nitrogens with one attached hydrogen (secondary N) is 1. The molecule has 150 valence electrons. The molecule has 1 aromatic carbocycles. The summed E-state index contributed by atoms with van der Waals surface area (Å²) in [5, 5.41) is 2.92. The first-order chi connectivity index (χ1) is 12.5. The van der Waals surface area contributed by atoms with Crippen LogP contribution in [-0.2, 0) is 25.4 Å². The van der Waals surface area contributed by atoms with Gasteiger partial charge in [0.15, 0.2) is 9.04 Å². The fourth-order valence-electron chi connectivity index (χ4n) is 3.62. The van der Waals surface area contributed by atoms with Crippen LogP contribution in [0, 0.1) is 17.3 Å². The minimum absolute atomic E-state index is 0.0465. The van der Waals surface area contributed by atoms with E-state index in [2.05, 4.69) is 39.2 Å². The second kappa shape index (κ2) is 8.15. The normalized spacial score (nSPS) is 23.2. The van der Waals surface area contributed by atoms with Gasteiger partial charge in [-0.2, -0.15) is 0 Å². The van der Waals surface area contributed by atoms with E-state index in [0.29, 0.717) is 0 Å². The van der Waals surface area contributed by atoms with Crippen molar-refractivity contribution in [3.63, 3.8) is 0 Å². The summed E-state index contributed by atoms with van der Waals surface area (Å²) in [5.74, 6) is -1.15. The van der Waals surface area contributed by atoms with Crippen LogP contribution in [0.25, 0.3) is 0 Å². The zero-order chi connectivity index (χ0) is 20.4. The number of ether oxygens (including phenoxy) is 1.